The minimum atomic E-state index is -0.667. The molecule has 10 amide bonds. The lowest BCUT2D eigenvalue weighted by Crippen LogP contribution is -2.28. The largest absolute Gasteiger partial charge is 0.351 e. The maximum Gasteiger partial charge on any atom is 0.291 e. The number of anilines is 6. The van der Waals surface area contributed by atoms with Gasteiger partial charge in [0.15, 0.2) is 11.6 Å². The Morgan fingerprint density at radius 1 is 0.389 bits per heavy atom. The predicted octanol–water partition coefficient (Wildman–Crippen LogP) is 3.29. The van der Waals surface area contributed by atoms with Crippen molar-refractivity contribution < 1.29 is 58.4 Å². The van der Waals surface area contributed by atoms with Gasteiger partial charge in [-0.3, -0.25) is 58.4 Å². The van der Waals surface area contributed by atoms with Gasteiger partial charge in [-0.15, -0.1) is 0 Å². The fraction of sp³-hybridized carbons (Fsp3) is 0.448. The third kappa shape index (κ3) is 20.9. The van der Waals surface area contributed by atoms with Crippen LogP contribution in [0.1, 0.15) is 140 Å². The first-order valence-corrected chi connectivity index (χ1v) is 29.3. The topological polar surface area (TPSA) is 393 Å². The second-order valence-electron chi connectivity index (χ2n) is 22.1. The molecular formula is C58H82N20O12. The van der Waals surface area contributed by atoms with Gasteiger partial charge in [0, 0.05) is 117 Å². The number of hydroxylamine groups is 2. The average Bonchev–Trinajstić information content (AvgIpc) is 1.91. The molecule has 0 radical (unpaired) electrons. The quantitative estimate of drug-likeness (QED) is 0.0154. The highest BCUT2D eigenvalue weighted by atomic mass is 16.5. The molecule has 6 rings (SSSR count). The van der Waals surface area contributed by atoms with Crippen molar-refractivity contribution in [3.63, 3.8) is 0 Å². The van der Waals surface area contributed by atoms with Gasteiger partial charge in [0.05, 0.1) is 22.7 Å². The molecule has 90 heavy (non-hydrogen) atoms. The van der Waals surface area contributed by atoms with Crippen LogP contribution < -0.4 is 53.5 Å². The molecule has 486 valence electrons. The summed E-state index contributed by atoms with van der Waals surface area (Å²) in [5.41, 5.74) is 5.07. The number of aromatic nitrogens is 8. The summed E-state index contributed by atoms with van der Waals surface area (Å²) >= 11 is 0. The molecule has 0 aliphatic rings. The number of rotatable bonds is 35. The van der Waals surface area contributed by atoms with Crippen molar-refractivity contribution in [2.24, 2.45) is 28.2 Å². The standard InChI is InChI=1S/C58H82N20O12/c1-71(2)23-15-21-59-53(83)41-27-37(31-73(41)5)61-55(85)43-29-39(63-57(87)51-67-45(35-75(51)7)65-47(79)17-9-11-19-49(81)69-89)33-77(43)25-13-14-26-78-34-40(64-58(88)52-68-46(36-76(52)8)66-48(80)18-10-12-20-50(82)70-90)30-44(78)56(86)62-38-28-42(74(6)32-38)54(84)60-22-16-24-72(3)4/h27-36,89-90H,9-26H2,1-8H3,(H,59,83)(H,60,84)(H,61,85)(H,62,86)(H,63,87)(H,64,88)(H,65,79)(H,66,80)(H,69,81)(H,70,82). The summed E-state index contributed by atoms with van der Waals surface area (Å²) in [6, 6.07) is 6.06. The van der Waals surface area contributed by atoms with E-state index in [4.69, 9.17) is 10.4 Å². The number of amides is 10. The number of imidazole rings is 2. The number of carbonyl (C=O) groups excluding carboxylic acids is 10. The van der Waals surface area contributed by atoms with Gasteiger partial charge in [0.2, 0.25) is 35.3 Å². The number of hydrogen-bond acceptors (Lipinski definition) is 16. The zero-order chi connectivity index (χ0) is 65.6. The summed E-state index contributed by atoms with van der Waals surface area (Å²) in [6.45, 7) is 2.84. The zero-order valence-electron chi connectivity index (χ0n) is 52.0. The van der Waals surface area contributed by atoms with Crippen LogP contribution >= 0.6 is 0 Å². The monoisotopic (exact) mass is 1250 g/mol. The number of unbranched alkanes of at least 4 members (excludes halogenated alkanes) is 3. The lowest BCUT2D eigenvalue weighted by atomic mass is 10.2. The van der Waals surface area contributed by atoms with Crippen LogP contribution in [0, 0.1) is 0 Å². The van der Waals surface area contributed by atoms with Gasteiger partial charge in [-0.2, -0.15) is 0 Å². The number of nitrogens with zero attached hydrogens (tertiary/aromatic N) is 10. The molecule has 0 fully saturated rings. The molecule has 0 aliphatic heterocycles. The highest BCUT2D eigenvalue weighted by Gasteiger charge is 2.24. The maximum absolute atomic E-state index is 14.3. The lowest BCUT2D eigenvalue weighted by Gasteiger charge is -2.11. The van der Waals surface area contributed by atoms with E-state index in [2.05, 4.69) is 52.5 Å². The normalized spacial score (nSPS) is 11.1. The van der Waals surface area contributed by atoms with E-state index in [0.29, 0.717) is 74.4 Å². The smallest absolute Gasteiger partial charge is 0.291 e. The molecule has 12 N–H and O–H groups in total. The molecule has 0 saturated heterocycles. The Hall–Kier alpha value is -9.92. The van der Waals surface area contributed by atoms with Gasteiger partial charge in [-0.05, 0) is 117 Å². The van der Waals surface area contributed by atoms with E-state index in [0.717, 1.165) is 25.9 Å². The van der Waals surface area contributed by atoms with Crippen molar-refractivity contribution in [1.29, 1.82) is 0 Å². The average molecular weight is 1250 g/mol. The molecule has 32 nitrogen and oxygen atoms in total. The number of hydrogen-bond donors (Lipinski definition) is 12. The van der Waals surface area contributed by atoms with Crippen molar-refractivity contribution in [3.8, 4) is 0 Å². The van der Waals surface area contributed by atoms with Crippen molar-refractivity contribution in [2.45, 2.75) is 90.1 Å². The molecule has 0 aromatic carbocycles. The first kappa shape index (κ1) is 69.2. The molecule has 0 saturated carbocycles. The molecule has 0 spiro atoms. The molecule has 0 atom stereocenters. The Kier molecular flexibility index (Phi) is 25.7. The van der Waals surface area contributed by atoms with Gasteiger partial charge in [0.1, 0.15) is 22.8 Å². The third-order valence-corrected chi connectivity index (χ3v) is 14.0. The number of nitrogens with one attached hydrogen (secondary N) is 10. The molecular weight excluding hydrogens is 1170 g/mol. The summed E-state index contributed by atoms with van der Waals surface area (Å²) in [6.07, 6.45) is 13.1. The fourth-order valence-corrected chi connectivity index (χ4v) is 9.47. The van der Waals surface area contributed by atoms with E-state index in [1.165, 1.54) is 33.7 Å². The summed E-state index contributed by atoms with van der Waals surface area (Å²) in [4.78, 5) is 143. The van der Waals surface area contributed by atoms with E-state index in [-0.39, 0.29) is 96.6 Å². The van der Waals surface area contributed by atoms with Crippen LogP contribution in [0.25, 0.3) is 0 Å². The van der Waals surface area contributed by atoms with Gasteiger partial charge in [-0.25, -0.2) is 20.9 Å². The minimum absolute atomic E-state index is 0.0360. The van der Waals surface area contributed by atoms with E-state index < -0.39 is 47.3 Å². The van der Waals surface area contributed by atoms with Gasteiger partial charge >= 0.3 is 0 Å². The van der Waals surface area contributed by atoms with Crippen molar-refractivity contribution in [3.05, 3.63) is 95.9 Å². The Labute approximate surface area is 519 Å². The van der Waals surface area contributed by atoms with Crippen LogP contribution in [0.4, 0.5) is 34.4 Å². The van der Waals surface area contributed by atoms with Gasteiger partial charge < -0.3 is 79.7 Å². The molecule has 0 aliphatic carbocycles. The Morgan fingerprint density at radius 3 is 1.08 bits per heavy atom. The molecule has 6 aromatic heterocycles. The van der Waals surface area contributed by atoms with Crippen LogP contribution in [0.2, 0.25) is 0 Å². The predicted molar refractivity (Wildman–Crippen MR) is 332 cm³/mol. The van der Waals surface area contributed by atoms with Crippen LogP contribution in [0.3, 0.4) is 0 Å². The fourth-order valence-electron chi connectivity index (χ4n) is 9.47. The third-order valence-electron chi connectivity index (χ3n) is 14.0. The maximum atomic E-state index is 14.3. The van der Waals surface area contributed by atoms with Gasteiger partial charge in [-0.1, -0.05) is 0 Å². The highest BCUT2D eigenvalue weighted by molar-refractivity contribution is 6.08. The molecule has 32 heteroatoms. The molecule has 0 bridgehead atoms. The Morgan fingerprint density at radius 2 is 0.722 bits per heavy atom. The van der Waals surface area contributed by atoms with Gasteiger partial charge in [0.25, 0.3) is 35.4 Å². The SMILES string of the molecule is CN(C)CCCNC(=O)c1cc(NC(=O)c2cc(NC(=O)c3nc(NC(=O)CCCCC(=O)NO)cn3C)cn2CCCCn2cc(NC(=O)c3nc(NC(=O)CCCCC(=O)NO)cn3C)cc2C(=O)Nc2cc(C(=O)NCCCN(C)C)n(C)c2)cn1C. The van der Waals surface area contributed by atoms with E-state index in [1.54, 1.807) is 94.3 Å². The van der Waals surface area contributed by atoms with Crippen LogP contribution in [0.5, 0.6) is 0 Å². The molecule has 0 unspecified atom stereocenters. The summed E-state index contributed by atoms with van der Waals surface area (Å²) in [5.74, 6) is -5.01. The highest BCUT2D eigenvalue weighted by Crippen LogP contribution is 2.24. The lowest BCUT2D eigenvalue weighted by molar-refractivity contribution is -0.130. The summed E-state index contributed by atoms with van der Waals surface area (Å²) in [7, 11) is 14.2. The van der Waals surface area contributed by atoms with Crippen LogP contribution in [-0.4, -0.2) is 171 Å². The van der Waals surface area contributed by atoms with E-state index >= 15 is 0 Å². The van der Waals surface area contributed by atoms with E-state index in [9.17, 15) is 47.9 Å². The van der Waals surface area contributed by atoms with Crippen molar-refractivity contribution in [2.75, 3.05) is 86.3 Å². The number of carbonyl (C=O) groups is 10. The summed E-state index contributed by atoms with van der Waals surface area (Å²) < 4.78 is 9.30. The van der Waals surface area contributed by atoms with Crippen LogP contribution in [-0.2, 0) is 60.5 Å². The van der Waals surface area contributed by atoms with Crippen LogP contribution in [0.15, 0.2) is 61.4 Å². The molecule has 6 aromatic rings. The minimum Gasteiger partial charge on any atom is -0.351 e. The Balaban J connectivity index is 1.21. The second-order valence-corrected chi connectivity index (χ2v) is 22.1. The van der Waals surface area contributed by atoms with E-state index in [1.807, 2.05) is 38.0 Å². The van der Waals surface area contributed by atoms with Crippen molar-refractivity contribution in [1.82, 2.24) is 68.8 Å². The Bertz CT molecular complexity index is 3300. The number of aryl methyl sites for hydroxylation is 6. The summed E-state index contributed by atoms with van der Waals surface area (Å²) in [5, 5.41) is 39.9. The zero-order valence-corrected chi connectivity index (χ0v) is 52.0. The first-order valence-electron chi connectivity index (χ1n) is 29.3. The molecule has 6 heterocycles. The van der Waals surface area contributed by atoms with Crippen molar-refractivity contribution >= 4 is 93.5 Å². The first-order chi connectivity index (χ1) is 42.9. The second kappa shape index (κ2) is 33.4.